The summed E-state index contributed by atoms with van der Waals surface area (Å²) in [7, 11) is -4.17. The van der Waals surface area contributed by atoms with Crippen LogP contribution in [0.1, 0.15) is 6.92 Å². The molecule has 1 N–H and O–H groups in total. The van der Waals surface area contributed by atoms with E-state index in [1.165, 1.54) is 12.1 Å². The highest BCUT2D eigenvalue weighted by molar-refractivity contribution is 7.93. The van der Waals surface area contributed by atoms with Crippen molar-refractivity contribution in [3.63, 3.8) is 0 Å². The smallest absolute Gasteiger partial charge is 0.317 e. The Hall–Kier alpha value is -2.55. The van der Waals surface area contributed by atoms with E-state index in [4.69, 9.17) is 0 Å². The maximum Gasteiger partial charge on any atom is 0.471 e. The van der Waals surface area contributed by atoms with Crippen LogP contribution in [0.25, 0.3) is 0 Å². The maximum atomic E-state index is 12.9. The van der Waals surface area contributed by atoms with Gasteiger partial charge < -0.3 is 5.32 Å². The van der Waals surface area contributed by atoms with Crippen molar-refractivity contribution in [3.05, 3.63) is 54.6 Å². The van der Waals surface area contributed by atoms with Gasteiger partial charge in [0.25, 0.3) is 10.0 Å². The van der Waals surface area contributed by atoms with Crippen LogP contribution in [0.2, 0.25) is 0 Å². The molecule has 0 aliphatic rings. The molecule has 134 valence electrons. The number of hydrogen-bond donors (Lipinski definition) is 1. The number of alkyl halides is 3. The van der Waals surface area contributed by atoms with Crippen LogP contribution in [-0.4, -0.2) is 27.0 Å². The first kappa shape index (κ1) is 18.8. The summed E-state index contributed by atoms with van der Waals surface area (Å²) in [5.41, 5.74) is -0.0684. The third-order valence-corrected chi connectivity index (χ3v) is 5.25. The van der Waals surface area contributed by atoms with Crippen molar-refractivity contribution in [3.8, 4) is 0 Å². The quantitative estimate of drug-likeness (QED) is 0.875. The number of rotatable bonds is 5. The summed E-state index contributed by atoms with van der Waals surface area (Å²) in [6.45, 7) is 1.66. The molecule has 0 heterocycles. The molecule has 2 aromatic carbocycles. The minimum Gasteiger partial charge on any atom is -0.317 e. The second-order valence-electron chi connectivity index (χ2n) is 4.95. The number of carbonyl (C=O) groups is 1. The minimum atomic E-state index is -5.12. The average Bonchev–Trinajstić information content (AvgIpc) is 2.55. The zero-order valence-corrected chi connectivity index (χ0v) is 13.9. The lowest BCUT2D eigenvalue weighted by Gasteiger charge is -2.24. The van der Waals surface area contributed by atoms with E-state index in [0.29, 0.717) is 5.69 Å². The molecule has 0 spiro atoms. The van der Waals surface area contributed by atoms with E-state index in [1.807, 2.05) is 0 Å². The number of sulfonamides is 1. The predicted molar refractivity (Wildman–Crippen MR) is 87.8 cm³/mol. The van der Waals surface area contributed by atoms with Crippen molar-refractivity contribution in [2.75, 3.05) is 16.2 Å². The molecule has 0 saturated heterocycles. The Labute approximate surface area is 143 Å². The fourth-order valence-corrected chi connectivity index (χ4v) is 3.82. The fraction of sp³-hybridized carbons (Fsp3) is 0.188. The number of carbonyl (C=O) groups excluding carboxylic acids is 1. The Morgan fingerprint density at radius 3 is 2.16 bits per heavy atom. The van der Waals surface area contributed by atoms with Crippen LogP contribution >= 0.6 is 0 Å². The Bertz CT molecular complexity index is 852. The molecule has 2 aromatic rings. The Kier molecular flexibility index (Phi) is 5.36. The number of amides is 1. The van der Waals surface area contributed by atoms with Gasteiger partial charge in [-0.1, -0.05) is 30.3 Å². The molecule has 25 heavy (non-hydrogen) atoms. The highest BCUT2D eigenvalue weighted by Crippen LogP contribution is 2.29. The lowest BCUT2D eigenvalue weighted by molar-refractivity contribution is -0.167. The number of nitrogens with one attached hydrogen (secondary N) is 1. The Morgan fingerprint density at radius 2 is 1.60 bits per heavy atom. The molecule has 9 heteroatoms. The largest absolute Gasteiger partial charge is 0.471 e. The topological polar surface area (TPSA) is 66.5 Å². The molecule has 0 bridgehead atoms. The van der Waals surface area contributed by atoms with Gasteiger partial charge in [0.05, 0.1) is 11.4 Å². The zero-order valence-electron chi connectivity index (χ0n) is 13.1. The summed E-state index contributed by atoms with van der Waals surface area (Å²) >= 11 is 0. The second kappa shape index (κ2) is 7.14. The van der Waals surface area contributed by atoms with Gasteiger partial charge in [-0.05, 0) is 31.2 Å². The first-order valence-electron chi connectivity index (χ1n) is 7.23. The first-order valence-corrected chi connectivity index (χ1v) is 8.67. The first-order chi connectivity index (χ1) is 11.7. The van der Waals surface area contributed by atoms with Crippen molar-refractivity contribution in [2.24, 2.45) is 0 Å². The highest BCUT2D eigenvalue weighted by atomic mass is 32.2. The number of nitrogens with zero attached hydrogens (tertiary/aromatic N) is 1. The standard InChI is InChI=1S/C16H15F3N2O3S/c1-2-21(12-8-4-3-5-9-12)25(23,24)14-11-7-6-10-13(14)20-15(22)16(17,18)19/h3-11H,2H2,1H3,(H,20,22). The van der Waals surface area contributed by atoms with Crippen molar-refractivity contribution in [2.45, 2.75) is 18.0 Å². The number of halogens is 3. The van der Waals surface area contributed by atoms with E-state index in [2.05, 4.69) is 0 Å². The van der Waals surface area contributed by atoms with Gasteiger partial charge >= 0.3 is 12.1 Å². The van der Waals surface area contributed by atoms with Crippen LogP contribution in [0.3, 0.4) is 0 Å². The second-order valence-corrected chi connectivity index (χ2v) is 6.78. The number of hydrogen-bond acceptors (Lipinski definition) is 3. The Morgan fingerprint density at radius 1 is 1.04 bits per heavy atom. The van der Waals surface area contributed by atoms with Crippen LogP contribution in [0, 0.1) is 0 Å². The Balaban J connectivity index is 2.48. The summed E-state index contributed by atoms with van der Waals surface area (Å²) in [6, 6.07) is 13.1. The molecule has 2 rings (SSSR count). The monoisotopic (exact) mass is 372 g/mol. The summed E-state index contributed by atoms with van der Waals surface area (Å²) in [5.74, 6) is -2.24. The molecule has 0 aromatic heterocycles. The van der Waals surface area contributed by atoms with E-state index in [9.17, 15) is 26.4 Å². The molecular formula is C16H15F3N2O3S. The van der Waals surface area contributed by atoms with Crippen molar-refractivity contribution in [1.82, 2.24) is 0 Å². The molecule has 0 saturated carbocycles. The lowest BCUT2D eigenvalue weighted by atomic mass is 10.3. The van der Waals surface area contributed by atoms with E-state index in [0.717, 1.165) is 16.4 Å². The minimum absolute atomic E-state index is 0.0634. The van der Waals surface area contributed by atoms with Crippen molar-refractivity contribution in [1.29, 1.82) is 0 Å². The van der Waals surface area contributed by atoms with E-state index < -0.39 is 32.7 Å². The number of anilines is 2. The molecule has 0 aliphatic heterocycles. The van der Waals surface area contributed by atoms with E-state index in [-0.39, 0.29) is 6.54 Å². The maximum absolute atomic E-state index is 12.9. The molecule has 0 aliphatic carbocycles. The van der Waals surface area contributed by atoms with Crippen LogP contribution in [0.5, 0.6) is 0 Å². The SMILES string of the molecule is CCN(c1ccccc1)S(=O)(=O)c1ccccc1NC(=O)C(F)(F)F. The molecule has 0 atom stereocenters. The van der Waals surface area contributed by atoms with E-state index in [1.54, 1.807) is 42.6 Å². The summed E-state index contributed by atoms with van der Waals surface area (Å²) in [5, 5.41) is 1.62. The van der Waals surface area contributed by atoms with E-state index >= 15 is 0 Å². The molecule has 0 unspecified atom stereocenters. The van der Waals surface area contributed by atoms with Gasteiger partial charge in [-0.2, -0.15) is 13.2 Å². The van der Waals surface area contributed by atoms with Gasteiger partial charge in [-0.15, -0.1) is 0 Å². The van der Waals surface area contributed by atoms with Gasteiger partial charge in [-0.3, -0.25) is 9.10 Å². The summed E-state index contributed by atoms with van der Waals surface area (Å²) < 4.78 is 64.3. The number of para-hydroxylation sites is 2. The third kappa shape index (κ3) is 4.11. The van der Waals surface area contributed by atoms with Gasteiger partial charge in [0.15, 0.2) is 0 Å². The molecule has 1 amide bonds. The van der Waals surface area contributed by atoms with Gasteiger partial charge in [-0.25, -0.2) is 8.42 Å². The van der Waals surface area contributed by atoms with Crippen molar-refractivity contribution >= 4 is 27.3 Å². The van der Waals surface area contributed by atoms with Crippen LogP contribution in [-0.2, 0) is 14.8 Å². The molecule has 0 radical (unpaired) electrons. The van der Waals surface area contributed by atoms with Crippen LogP contribution < -0.4 is 9.62 Å². The normalized spacial score (nSPS) is 11.8. The van der Waals surface area contributed by atoms with Crippen LogP contribution in [0.15, 0.2) is 59.5 Å². The summed E-state index contributed by atoms with van der Waals surface area (Å²) in [6.07, 6.45) is -5.12. The zero-order chi connectivity index (χ0) is 18.7. The fourth-order valence-electron chi connectivity index (χ4n) is 2.19. The van der Waals surface area contributed by atoms with Crippen LogP contribution in [0.4, 0.5) is 24.5 Å². The number of benzene rings is 2. The lowest BCUT2D eigenvalue weighted by Crippen LogP contribution is -2.33. The molecule has 0 fully saturated rings. The summed E-state index contributed by atoms with van der Waals surface area (Å²) in [4.78, 5) is 10.8. The third-order valence-electron chi connectivity index (χ3n) is 3.29. The molecular weight excluding hydrogens is 357 g/mol. The van der Waals surface area contributed by atoms with Gasteiger partial charge in [0, 0.05) is 6.54 Å². The molecule has 5 nitrogen and oxygen atoms in total. The predicted octanol–water partition coefficient (Wildman–Crippen LogP) is 3.40. The van der Waals surface area contributed by atoms with Gasteiger partial charge in [0.1, 0.15) is 4.90 Å². The van der Waals surface area contributed by atoms with Gasteiger partial charge in [0.2, 0.25) is 0 Å². The average molecular weight is 372 g/mol. The highest BCUT2D eigenvalue weighted by Gasteiger charge is 2.39. The van der Waals surface area contributed by atoms with Crippen molar-refractivity contribution < 1.29 is 26.4 Å².